The summed E-state index contributed by atoms with van der Waals surface area (Å²) >= 11 is 0. The van der Waals surface area contributed by atoms with E-state index in [0.29, 0.717) is 11.8 Å². The SMILES string of the molecule is CCCCCC1CCC(C2CCC(C#Cc3ccc(CCCC)cc3)CC2)CC1.CCCCCCC1CCC(C2CCC(C#Cc3ccc(CCCC)cc3)CC2)CC1. The lowest BCUT2D eigenvalue weighted by atomic mass is 9.69. The maximum Gasteiger partial charge on any atom is 0.0245 e. The lowest BCUT2D eigenvalue weighted by Gasteiger charge is -2.37. The molecule has 0 N–H and O–H groups in total. The van der Waals surface area contributed by atoms with Gasteiger partial charge >= 0.3 is 0 Å². The molecule has 0 amide bonds. The smallest absolute Gasteiger partial charge is 0.0245 e. The fourth-order valence-corrected chi connectivity index (χ4v) is 11.6. The second-order valence-electron chi connectivity index (χ2n) is 20.3. The largest absolute Gasteiger partial charge is 0.0945 e. The summed E-state index contributed by atoms with van der Waals surface area (Å²) in [5.74, 6) is 21.6. The van der Waals surface area contributed by atoms with E-state index in [0.717, 1.165) is 35.5 Å². The van der Waals surface area contributed by atoms with Crippen molar-refractivity contribution in [1.29, 1.82) is 0 Å². The molecule has 6 rings (SSSR count). The Morgan fingerprint density at radius 1 is 0.356 bits per heavy atom. The van der Waals surface area contributed by atoms with Crippen LogP contribution in [0, 0.1) is 71.0 Å². The van der Waals surface area contributed by atoms with E-state index in [1.165, 1.54) is 221 Å². The first-order valence-corrected chi connectivity index (χ1v) is 26.3. The average molecular weight is 799 g/mol. The predicted octanol–water partition coefficient (Wildman–Crippen LogP) is 17.5. The van der Waals surface area contributed by atoms with Gasteiger partial charge in [0.25, 0.3) is 0 Å². The summed E-state index contributed by atoms with van der Waals surface area (Å²) in [6.07, 6.45) is 43.8. The summed E-state index contributed by atoms with van der Waals surface area (Å²) in [4.78, 5) is 0. The molecule has 0 bridgehead atoms. The summed E-state index contributed by atoms with van der Waals surface area (Å²) < 4.78 is 0. The molecule has 0 saturated heterocycles. The molecule has 0 unspecified atom stereocenters. The van der Waals surface area contributed by atoms with E-state index in [2.05, 4.69) is 99.9 Å². The molecule has 59 heavy (non-hydrogen) atoms. The number of hydrogen-bond acceptors (Lipinski definition) is 0. The molecule has 4 aliphatic rings. The van der Waals surface area contributed by atoms with Gasteiger partial charge in [-0.2, -0.15) is 0 Å². The van der Waals surface area contributed by atoms with Gasteiger partial charge in [0.2, 0.25) is 0 Å². The van der Waals surface area contributed by atoms with E-state index >= 15 is 0 Å². The predicted molar refractivity (Wildman–Crippen MR) is 259 cm³/mol. The molecule has 326 valence electrons. The second-order valence-corrected chi connectivity index (χ2v) is 20.3. The maximum atomic E-state index is 3.61. The molecule has 0 heteroatoms. The Kier molecular flexibility index (Phi) is 22.8. The first-order chi connectivity index (χ1) is 29.1. The third kappa shape index (κ3) is 17.8. The number of unbranched alkanes of at least 4 members (excludes halogenated alkanes) is 7. The number of rotatable bonds is 17. The monoisotopic (exact) mass is 799 g/mol. The van der Waals surface area contributed by atoms with Gasteiger partial charge in [-0.25, -0.2) is 0 Å². The standard InChI is InChI=1S/C30H46.C29H44/c1-3-5-7-8-10-26-17-21-29(22-18-26)30-23-19-28(20-24-30)16-15-27-13-11-25(12-14-27)9-6-4-2;1-3-5-7-9-25-16-20-28(21-17-25)29-22-18-27(19-23-29)15-14-26-12-10-24(11-13-26)8-6-4-2/h11-14,26,28-30H,3-10,17-24H2,1-2H3;10-13,25,27-29H,3-9,16-23H2,1-2H3. The van der Waals surface area contributed by atoms with Crippen molar-refractivity contribution in [3.63, 3.8) is 0 Å². The molecule has 4 saturated carbocycles. The second kappa shape index (κ2) is 28.2. The van der Waals surface area contributed by atoms with E-state index in [-0.39, 0.29) is 0 Å². The van der Waals surface area contributed by atoms with Gasteiger partial charge < -0.3 is 0 Å². The lowest BCUT2D eigenvalue weighted by molar-refractivity contribution is 0.153. The first-order valence-electron chi connectivity index (χ1n) is 26.3. The van der Waals surface area contributed by atoms with Crippen LogP contribution in [0.15, 0.2) is 48.5 Å². The zero-order valence-corrected chi connectivity index (χ0v) is 39.2. The Morgan fingerprint density at radius 2 is 0.678 bits per heavy atom. The molecule has 0 nitrogen and oxygen atoms in total. The average Bonchev–Trinajstić information content (AvgIpc) is 3.29. The van der Waals surface area contributed by atoms with Crippen LogP contribution in [0.25, 0.3) is 0 Å². The molecule has 4 aliphatic carbocycles. The zero-order valence-electron chi connectivity index (χ0n) is 39.2. The molecule has 2 aromatic carbocycles. The van der Waals surface area contributed by atoms with Crippen LogP contribution in [0.1, 0.15) is 236 Å². The van der Waals surface area contributed by atoms with Gasteiger partial charge in [0.05, 0.1) is 0 Å². The Bertz CT molecular complexity index is 1470. The van der Waals surface area contributed by atoms with Gasteiger partial charge in [-0.1, -0.05) is 172 Å². The Hall–Kier alpha value is -2.44. The van der Waals surface area contributed by atoms with Gasteiger partial charge in [0, 0.05) is 23.0 Å². The van der Waals surface area contributed by atoms with E-state index in [4.69, 9.17) is 0 Å². The molecule has 0 heterocycles. The maximum absolute atomic E-state index is 3.61. The molecule has 0 atom stereocenters. The normalized spacial score (nSPS) is 27.0. The Morgan fingerprint density at radius 3 is 1.03 bits per heavy atom. The van der Waals surface area contributed by atoms with Gasteiger partial charge in [-0.3, -0.25) is 0 Å². The fraction of sp³-hybridized carbons (Fsp3) is 0.729. The quantitative estimate of drug-likeness (QED) is 0.110. The molecular weight excluding hydrogens is 709 g/mol. The zero-order chi connectivity index (χ0) is 41.3. The molecular formula is C59H90. The summed E-state index contributed by atoms with van der Waals surface area (Å²) in [6.45, 7) is 9.16. The topological polar surface area (TPSA) is 0 Å². The van der Waals surface area contributed by atoms with Crippen LogP contribution in [-0.2, 0) is 12.8 Å². The van der Waals surface area contributed by atoms with Crippen molar-refractivity contribution >= 4 is 0 Å². The highest BCUT2D eigenvalue weighted by atomic mass is 14.4. The third-order valence-electron chi connectivity index (χ3n) is 15.7. The molecule has 0 aliphatic heterocycles. The highest BCUT2D eigenvalue weighted by Crippen LogP contribution is 2.43. The minimum atomic E-state index is 0.635. The van der Waals surface area contributed by atoms with Gasteiger partial charge in [-0.15, -0.1) is 0 Å². The van der Waals surface area contributed by atoms with Crippen LogP contribution in [0.5, 0.6) is 0 Å². The van der Waals surface area contributed by atoms with Crippen molar-refractivity contribution in [3.05, 3.63) is 70.8 Å². The van der Waals surface area contributed by atoms with Crippen molar-refractivity contribution in [2.24, 2.45) is 47.3 Å². The van der Waals surface area contributed by atoms with Crippen LogP contribution in [-0.4, -0.2) is 0 Å². The number of benzene rings is 2. The molecule has 2 aromatic rings. The van der Waals surface area contributed by atoms with Crippen molar-refractivity contribution in [2.75, 3.05) is 0 Å². The van der Waals surface area contributed by atoms with Crippen molar-refractivity contribution < 1.29 is 0 Å². The van der Waals surface area contributed by atoms with E-state index in [1.54, 1.807) is 0 Å². The van der Waals surface area contributed by atoms with Crippen LogP contribution >= 0.6 is 0 Å². The molecule has 0 radical (unpaired) electrons. The lowest BCUT2D eigenvalue weighted by Crippen LogP contribution is -2.25. The van der Waals surface area contributed by atoms with Gasteiger partial charge in [-0.05, 0) is 174 Å². The summed E-state index contributed by atoms with van der Waals surface area (Å²) in [6, 6.07) is 18.0. The fourth-order valence-electron chi connectivity index (χ4n) is 11.6. The van der Waals surface area contributed by atoms with Crippen molar-refractivity contribution in [2.45, 2.75) is 227 Å². The van der Waals surface area contributed by atoms with Crippen molar-refractivity contribution in [3.8, 4) is 23.7 Å². The van der Waals surface area contributed by atoms with Gasteiger partial charge in [0.15, 0.2) is 0 Å². The van der Waals surface area contributed by atoms with Crippen LogP contribution < -0.4 is 0 Å². The minimum Gasteiger partial charge on any atom is -0.0945 e. The highest BCUT2D eigenvalue weighted by Gasteiger charge is 2.31. The van der Waals surface area contributed by atoms with Crippen molar-refractivity contribution in [1.82, 2.24) is 0 Å². The van der Waals surface area contributed by atoms with E-state index in [1.807, 2.05) is 0 Å². The van der Waals surface area contributed by atoms with E-state index in [9.17, 15) is 0 Å². The molecule has 0 aromatic heterocycles. The first kappa shape index (κ1) is 47.6. The molecule has 0 spiro atoms. The number of hydrogen-bond donors (Lipinski definition) is 0. The van der Waals surface area contributed by atoms with Gasteiger partial charge in [0.1, 0.15) is 0 Å². The summed E-state index contributed by atoms with van der Waals surface area (Å²) in [7, 11) is 0. The minimum absolute atomic E-state index is 0.635. The number of aryl methyl sites for hydroxylation is 2. The summed E-state index contributed by atoms with van der Waals surface area (Å²) in [5.41, 5.74) is 5.32. The Labute approximate surface area is 367 Å². The van der Waals surface area contributed by atoms with Crippen LogP contribution in [0.3, 0.4) is 0 Å². The van der Waals surface area contributed by atoms with E-state index < -0.39 is 0 Å². The Balaban J connectivity index is 0.000000224. The molecule has 4 fully saturated rings. The summed E-state index contributed by atoms with van der Waals surface area (Å²) in [5, 5.41) is 0. The van der Waals surface area contributed by atoms with Crippen LogP contribution in [0.2, 0.25) is 0 Å². The van der Waals surface area contributed by atoms with Crippen LogP contribution in [0.4, 0.5) is 0 Å². The third-order valence-corrected chi connectivity index (χ3v) is 15.7. The highest BCUT2D eigenvalue weighted by molar-refractivity contribution is 5.37.